The molecular formula is C16H19N3O3S. The third-order valence-electron chi connectivity index (χ3n) is 4.66. The molecule has 1 saturated carbocycles. The van der Waals surface area contributed by atoms with Gasteiger partial charge in [0.15, 0.2) is 9.84 Å². The van der Waals surface area contributed by atoms with Gasteiger partial charge in [-0.3, -0.25) is 14.7 Å². The number of nitrogens with zero attached hydrogens (tertiary/aromatic N) is 3. The lowest BCUT2D eigenvalue weighted by atomic mass is 10.1. The molecule has 1 fully saturated rings. The van der Waals surface area contributed by atoms with E-state index in [1.807, 2.05) is 0 Å². The van der Waals surface area contributed by atoms with Crippen molar-refractivity contribution < 1.29 is 13.2 Å². The molecular weight excluding hydrogens is 314 g/mol. The lowest BCUT2D eigenvalue weighted by Crippen LogP contribution is -2.53. The summed E-state index contributed by atoms with van der Waals surface area (Å²) < 4.78 is 23.6. The van der Waals surface area contributed by atoms with E-state index in [0.29, 0.717) is 30.5 Å². The van der Waals surface area contributed by atoms with Crippen LogP contribution in [0.4, 0.5) is 5.69 Å². The van der Waals surface area contributed by atoms with Gasteiger partial charge in [0, 0.05) is 12.8 Å². The lowest BCUT2D eigenvalue weighted by molar-refractivity contribution is 0.0835. The average molecular weight is 333 g/mol. The van der Waals surface area contributed by atoms with Crippen molar-refractivity contribution in [1.82, 2.24) is 4.90 Å². The number of fused-ring (bicyclic) bond motifs is 3. The van der Waals surface area contributed by atoms with Crippen molar-refractivity contribution >= 4 is 27.4 Å². The molecule has 1 aliphatic carbocycles. The quantitative estimate of drug-likeness (QED) is 0.841. The molecule has 6 nitrogen and oxygen atoms in total. The Morgan fingerprint density at radius 3 is 2.70 bits per heavy atom. The van der Waals surface area contributed by atoms with Crippen LogP contribution >= 0.6 is 0 Å². The van der Waals surface area contributed by atoms with Gasteiger partial charge in [0.2, 0.25) is 5.96 Å². The number of sulfone groups is 1. The number of guanidine groups is 1. The summed E-state index contributed by atoms with van der Waals surface area (Å²) in [6, 6.07) is 4.98. The maximum Gasteiger partial charge on any atom is 0.262 e. The predicted molar refractivity (Wildman–Crippen MR) is 87.6 cm³/mol. The summed E-state index contributed by atoms with van der Waals surface area (Å²) in [5, 5.41) is 0. The Morgan fingerprint density at radius 1 is 1.30 bits per heavy atom. The van der Waals surface area contributed by atoms with Crippen LogP contribution in [0.15, 0.2) is 28.1 Å². The third kappa shape index (κ3) is 2.34. The molecule has 0 unspecified atom stereocenters. The molecule has 2 heterocycles. The Kier molecular flexibility index (Phi) is 3.07. The zero-order valence-corrected chi connectivity index (χ0v) is 14.0. The van der Waals surface area contributed by atoms with Crippen molar-refractivity contribution in [3.8, 4) is 0 Å². The van der Waals surface area contributed by atoms with E-state index < -0.39 is 9.84 Å². The van der Waals surface area contributed by atoms with E-state index in [-0.39, 0.29) is 16.8 Å². The second-order valence-corrected chi connectivity index (χ2v) is 8.69. The topological polar surface area (TPSA) is 70.0 Å². The van der Waals surface area contributed by atoms with E-state index in [1.165, 1.54) is 6.07 Å². The SMILES string of the molecule is C[C@@H]1CN=C2N(CC3CC3)C(=O)c3cc(S(C)(=O)=O)ccc3N21. The van der Waals surface area contributed by atoms with Gasteiger partial charge in [0.05, 0.1) is 28.7 Å². The van der Waals surface area contributed by atoms with Crippen LogP contribution in [-0.4, -0.2) is 50.6 Å². The monoisotopic (exact) mass is 333 g/mol. The summed E-state index contributed by atoms with van der Waals surface area (Å²) in [7, 11) is -3.34. The van der Waals surface area contributed by atoms with E-state index >= 15 is 0 Å². The summed E-state index contributed by atoms with van der Waals surface area (Å²) in [6.45, 7) is 3.39. The zero-order chi connectivity index (χ0) is 16.4. The molecule has 23 heavy (non-hydrogen) atoms. The molecule has 0 radical (unpaired) electrons. The Hall–Kier alpha value is -1.89. The van der Waals surface area contributed by atoms with E-state index in [4.69, 9.17) is 0 Å². The summed E-state index contributed by atoms with van der Waals surface area (Å²) in [4.78, 5) is 21.5. The molecule has 3 aliphatic rings. The van der Waals surface area contributed by atoms with Crippen molar-refractivity contribution in [1.29, 1.82) is 0 Å². The van der Waals surface area contributed by atoms with Crippen molar-refractivity contribution in [2.45, 2.75) is 30.7 Å². The molecule has 0 saturated heterocycles. The minimum absolute atomic E-state index is 0.137. The number of aliphatic imine (C=N–C) groups is 1. The summed E-state index contributed by atoms with van der Waals surface area (Å²) in [5.41, 5.74) is 1.22. The second-order valence-electron chi connectivity index (χ2n) is 6.67. The number of benzene rings is 1. The highest BCUT2D eigenvalue weighted by Gasteiger charge is 2.42. The van der Waals surface area contributed by atoms with Crippen LogP contribution in [0, 0.1) is 5.92 Å². The molecule has 1 amide bonds. The molecule has 0 bridgehead atoms. The van der Waals surface area contributed by atoms with Crippen LogP contribution in [0.5, 0.6) is 0 Å². The van der Waals surface area contributed by atoms with E-state index in [0.717, 1.165) is 24.8 Å². The number of carbonyl (C=O) groups excluding carboxylic acids is 1. The highest BCUT2D eigenvalue weighted by atomic mass is 32.2. The Labute approximate surface area is 135 Å². The number of anilines is 1. The first-order valence-corrected chi connectivity index (χ1v) is 9.75. The molecule has 0 aromatic heterocycles. The number of amides is 1. The minimum Gasteiger partial charge on any atom is -0.307 e. The normalized spacial score (nSPS) is 23.7. The molecule has 4 rings (SSSR count). The van der Waals surface area contributed by atoms with Crippen LogP contribution in [0.25, 0.3) is 0 Å². The van der Waals surface area contributed by atoms with Gasteiger partial charge in [-0.1, -0.05) is 0 Å². The van der Waals surface area contributed by atoms with Crippen LogP contribution in [0.3, 0.4) is 0 Å². The highest BCUT2D eigenvalue weighted by Crippen LogP contribution is 2.37. The first-order valence-electron chi connectivity index (χ1n) is 7.86. The fraction of sp³-hybridized carbons (Fsp3) is 0.500. The Bertz CT molecular complexity index is 827. The molecule has 0 spiro atoms. The van der Waals surface area contributed by atoms with Crippen LogP contribution in [0.1, 0.15) is 30.1 Å². The van der Waals surface area contributed by atoms with Gasteiger partial charge in [-0.2, -0.15) is 0 Å². The van der Waals surface area contributed by atoms with E-state index in [2.05, 4.69) is 16.8 Å². The number of carbonyl (C=O) groups is 1. The van der Waals surface area contributed by atoms with E-state index in [1.54, 1.807) is 17.0 Å². The number of hydrogen-bond donors (Lipinski definition) is 0. The highest BCUT2D eigenvalue weighted by molar-refractivity contribution is 7.90. The summed E-state index contributed by atoms with van der Waals surface area (Å²) >= 11 is 0. The first kappa shape index (κ1) is 14.7. The van der Waals surface area contributed by atoms with Gasteiger partial charge in [-0.25, -0.2) is 8.42 Å². The van der Waals surface area contributed by atoms with Crippen molar-refractivity contribution in [3.05, 3.63) is 23.8 Å². The maximum absolute atomic E-state index is 12.9. The zero-order valence-electron chi connectivity index (χ0n) is 13.2. The summed E-state index contributed by atoms with van der Waals surface area (Å²) in [6.07, 6.45) is 3.45. The molecule has 1 aromatic carbocycles. The Balaban J connectivity index is 1.84. The van der Waals surface area contributed by atoms with Crippen LogP contribution < -0.4 is 4.90 Å². The van der Waals surface area contributed by atoms with Gasteiger partial charge in [-0.05, 0) is 43.9 Å². The molecule has 7 heteroatoms. The predicted octanol–water partition coefficient (Wildman–Crippen LogP) is 1.52. The van der Waals surface area contributed by atoms with E-state index in [9.17, 15) is 13.2 Å². The van der Waals surface area contributed by atoms with Crippen molar-refractivity contribution in [2.75, 3.05) is 24.2 Å². The van der Waals surface area contributed by atoms with Crippen LogP contribution in [-0.2, 0) is 9.84 Å². The lowest BCUT2D eigenvalue weighted by Gasteiger charge is -2.38. The minimum atomic E-state index is -3.34. The molecule has 1 aromatic rings. The van der Waals surface area contributed by atoms with Gasteiger partial charge in [0.25, 0.3) is 5.91 Å². The molecule has 2 aliphatic heterocycles. The van der Waals surface area contributed by atoms with Gasteiger partial charge >= 0.3 is 0 Å². The van der Waals surface area contributed by atoms with Gasteiger partial charge in [0.1, 0.15) is 0 Å². The average Bonchev–Trinajstić information content (AvgIpc) is 3.23. The standard InChI is InChI=1S/C16H19N3O3S/c1-10-8-17-16-18(9-11-3-4-11)15(20)13-7-12(23(2,21)22)5-6-14(13)19(10)16/h5-7,10-11H,3-4,8-9H2,1-2H3/t10-/m1/s1. The Morgan fingerprint density at radius 2 is 2.04 bits per heavy atom. The van der Waals surface area contributed by atoms with Crippen molar-refractivity contribution in [2.24, 2.45) is 10.9 Å². The van der Waals surface area contributed by atoms with Crippen LogP contribution in [0.2, 0.25) is 0 Å². The fourth-order valence-corrected chi connectivity index (χ4v) is 3.86. The second kappa shape index (κ2) is 4.80. The number of hydrogen-bond acceptors (Lipinski definition) is 5. The molecule has 122 valence electrons. The summed E-state index contributed by atoms with van der Waals surface area (Å²) in [5.74, 6) is 1.12. The molecule has 0 N–H and O–H groups in total. The van der Waals surface area contributed by atoms with Gasteiger partial charge in [-0.15, -0.1) is 0 Å². The largest absolute Gasteiger partial charge is 0.307 e. The first-order chi connectivity index (χ1) is 10.9. The smallest absolute Gasteiger partial charge is 0.262 e. The third-order valence-corrected chi connectivity index (χ3v) is 5.77. The van der Waals surface area contributed by atoms with Crippen molar-refractivity contribution in [3.63, 3.8) is 0 Å². The van der Waals surface area contributed by atoms with Gasteiger partial charge < -0.3 is 4.90 Å². The maximum atomic E-state index is 12.9. The molecule has 1 atom stereocenters. The fourth-order valence-electron chi connectivity index (χ4n) is 3.22. The number of rotatable bonds is 3.